The van der Waals surface area contributed by atoms with Gasteiger partial charge in [0.15, 0.2) is 0 Å². The van der Waals surface area contributed by atoms with E-state index in [1.807, 2.05) is 78.3 Å². The number of benzene rings is 3. The number of ether oxygens (including phenoxy) is 1. The molecule has 5 rings (SSSR count). The summed E-state index contributed by atoms with van der Waals surface area (Å²) < 4.78 is 7.26. The van der Waals surface area contributed by atoms with Gasteiger partial charge in [0.2, 0.25) is 0 Å². The van der Waals surface area contributed by atoms with Crippen molar-refractivity contribution in [2.75, 3.05) is 17.7 Å². The van der Waals surface area contributed by atoms with E-state index in [-0.39, 0.29) is 11.9 Å². The summed E-state index contributed by atoms with van der Waals surface area (Å²) in [6, 6.07) is 25.5. The highest BCUT2D eigenvalue weighted by molar-refractivity contribution is 6.08. The van der Waals surface area contributed by atoms with Crippen LogP contribution in [0.3, 0.4) is 0 Å². The fourth-order valence-electron chi connectivity index (χ4n) is 3.94. The van der Waals surface area contributed by atoms with E-state index in [2.05, 4.69) is 33.9 Å². The summed E-state index contributed by atoms with van der Waals surface area (Å²) in [4.78, 5) is 13.2. The summed E-state index contributed by atoms with van der Waals surface area (Å²) in [5.41, 5.74) is 5.29. The van der Waals surface area contributed by atoms with E-state index in [1.165, 1.54) is 0 Å². The average Bonchev–Trinajstić information content (AvgIpc) is 3.30. The van der Waals surface area contributed by atoms with Crippen LogP contribution in [0.1, 0.15) is 33.1 Å². The number of hydrogen-bond donors (Lipinski definition) is 2. The van der Waals surface area contributed by atoms with Crippen molar-refractivity contribution in [2.24, 2.45) is 0 Å². The van der Waals surface area contributed by atoms with Gasteiger partial charge in [-0.1, -0.05) is 60.2 Å². The van der Waals surface area contributed by atoms with Crippen molar-refractivity contribution >= 4 is 23.1 Å². The van der Waals surface area contributed by atoms with Crippen LogP contribution in [0.25, 0.3) is 5.70 Å². The van der Waals surface area contributed by atoms with Crippen LogP contribution >= 0.6 is 0 Å². The molecule has 1 aromatic heterocycles. The summed E-state index contributed by atoms with van der Waals surface area (Å²) in [7, 11) is 1.65. The zero-order chi connectivity index (χ0) is 22.8. The number of amides is 1. The first-order valence-corrected chi connectivity index (χ1v) is 10.8. The molecular formula is C27H24N4O2. The van der Waals surface area contributed by atoms with Crippen molar-refractivity contribution < 1.29 is 9.53 Å². The summed E-state index contributed by atoms with van der Waals surface area (Å²) in [5.74, 6) is 1.20. The molecule has 1 amide bonds. The number of hydrogen-bond acceptors (Lipinski definition) is 4. The van der Waals surface area contributed by atoms with Gasteiger partial charge < -0.3 is 15.4 Å². The zero-order valence-electron chi connectivity index (χ0n) is 18.4. The number of aromatic nitrogens is 2. The van der Waals surface area contributed by atoms with Crippen LogP contribution in [0.4, 0.5) is 11.5 Å². The second-order valence-electron chi connectivity index (χ2n) is 7.96. The van der Waals surface area contributed by atoms with Crippen molar-refractivity contribution in [2.45, 2.75) is 13.0 Å². The molecule has 1 aliphatic heterocycles. The fourth-order valence-corrected chi connectivity index (χ4v) is 3.94. The highest BCUT2D eigenvalue weighted by Crippen LogP contribution is 2.36. The number of nitrogens with one attached hydrogen (secondary N) is 2. The van der Waals surface area contributed by atoms with Gasteiger partial charge in [0.25, 0.3) is 5.91 Å². The number of carbonyl (C=O) groups is 1. The van der Waals surface area contributed by atoms with Crippen LogP contribution in [0.5, 0.6) is 5.75 Å². The lowest BCUT2D eigenvalue weighted by Gasteiger charge is -2.26. The molecule has 1 atom stereocenters. The second-order valence-corrected chi connectivity index (χ2v) is 7.96. The van der Waals surface area contributed by atoms with Crippen LogP contribution in [0.15, 0.2) is 91.1 Å². The number of carbonyl (C=O) groups excluding carboxylic acids is 1. The van der Waals surface area contributed by atoms with Gasteiger partial charge in [-0.3, -0.25) is 4.79 Å². The highest BCUT2D eigenvalue weighted by atomic mass is 16.5. The lowest BCUT2D eigenvalue weighted by molar-refractivity contribution is 0.102. The first-order chi connectivity index (χ1) is 16.1. The fraction of sp³-hybridized carbons (Fsp3) is 0.111. The van der Waals surface area contributed by atoms with Gasteiger partial charge in [-0.05, 0) is 42.8 Å². The van der Waals surface area contributed by atoms with Crippen LogP contribution in [0, 0.1) is 6.92 Å². The summed E-state index contributed by atoms with van der Waals surface area (Å²) >= 11 is 0. The van der Waals surface area contributed by atoms with Crippen LogP contribution in [-0.2, 0) is 0 Å². The topological polar surface area (TPSA) is 68.2 Å². The van der Waals surface area contributed by atoms with Crippen molar-refractivity contribution in [3.8, 4) is 5.75 Å². The Morgan fingerprint density at radius 1 is 1.03 bits per heavy atom. The van der Waals surface area contributed by atoms with E-state index < -0.39 is 0 Å². The Hall–Kier alpha value is -4.32. The number of anilines is 2. The molecule has 0 unspecified atom stereocenters. The van der Waals surface area contributed by atoms with E-state index in [4.69, 9.17) is 4.74 Å². The SMILES string of the molecule is COc1cccc(C2=C[C@H](c3ccccc3)n3ncc(C(=O)Nc4ccc(C)cc4)c3N2)c1. The number of allylic oxidation sites excluding steroid dienone is 1. The molecule has 3 aromatic carbocycles. The molecule has 4 aromatic rings. The maximum absolute atomic E-state index is 13.2. The molecule has 0 radical (unpaired) electrons. The van der Waals surface area contributed by atoms with E-state index in [0.29, 0.717) is 11.4 Å². The van der Waals surface area contributed by atoms with Crippen molar-refractivity contribution in [3.63, 3.8) is 0 Å². The minimum atomic E-state index is -0.216. The Kier molecular flexibility index (Phi) is 5.40. The van der Waals surface area contributed by atoms with Gasteiger partial charge in [0, 0.05) is 16.9 Å². The molecule has 0 saturated heterocycles. The minimum Gasteiger partial charge on any atom is -0.497 e. The molecule has 0 aliphatic carbocycles. The maximum Gasteiger partial charge on any atom is 0.261 e. The largest absolute Gasteiger partial charge is 0.497 e. The normalized spacial score (nSPS) is 14.6. The summed E-state index contributed by atoms with van der Waals surface area (Å²) in [6.45, 7) is 2.01. The molecule has 6 nitrogen and oxygen atoms in total. The van der Waals surface area contributed by atoms with Gasteiger partial charge in [-0.2, -0.15) is 5.10 Å². The highest BCUT2D eigenvalue weighted by Gasteiger charge is 2.28. The standard InChI is InChI=1S/C27H24N4O2/c1-18-11-13-21(14-12-18)29-27(32)23-17-28-31-25(19-7-4-3-5-8-19)16-24(30-26(23)31)20-9-6-10-22(15-20)33-2/h3-17,25,30H,1-2H3,(H,29,32)/t25-/m1/s1. The number of aryl methyl sites for hydroxylation is 1. The molecular weight excluding hydrogens is 412 g/mol. The van der Waals surface area contributed by atoms with Crippen LogP contribution in [-0.4, -0.2) is 22.8 Å². The number of nitrogens with zero attached hydrogens (tertiary/aromatic N) is 2. The van der Waals surface area contributed by atoms with Gasteiger partial charge in [0.05, 0.1) is 19.3 Å². The molecule has 0 saturated carbocycles. The van der Waals surface area contributed by atoms with Gasteiger partial charge in [0.1, 0.15) is 17.1 Å². The molecule has 6 heteroatoms. The number of fused-ring (bicyclic) bond motifs is 1. The second kappa shape index (κ2) is 8.67. The molecule has 0 fully saturated rings. The Morgan fingerprint density at radius 2 is 1.82 bits per heavy atom. The van der Waals surface area contributed by atoms with E-state index in [0.717, 1.165) is 33.8 Å². The molecule has 164 valence electrons. The number of rotatable bonds is 5. The van der Waals surface area contributed by atoms with E-state index >= 15 is 0 Å². The predicted octanol–water partition coefficient (Wildman–Crippen LogP) is 5.51. The lowest BCUT2D eigenvalue weighted by atomic mass is 10.0. The minimum absolute atomic E-state index is 0.162. The third kappa shape index (κ3) is 4.11. The number of methoxy groups -OCH3 is 1. The Balaban J connectivity index is 1.55. The quantitative estimate of drug-likeness (QED) is 0.433. The van der Waals surface area contributed by atoms with Crippen LogP contribution < -0.4 is 15.4 Å². The third-order valence-corrected chi connectivity index (χ3v) is 5.71. The van der Waals surface area contributed by atoms with Crippen molar-refractivity contribution in [3.05, 3.63) is 113 Å². The smallest absolute Gasteiger partial charge is 0.261 e. The predicted molar refractivity (Wildman–Crippen MR) is 131 cm³/mol. The van der Waals surface area contributed by atoms with E-state index in [1.54, 1.807) is 13.3 Å². The van der Waals surface area contributed by atoms with Gasteiger partial charge in [-0.25, -0.2) is 4.68 Å². The third-order valence-electron chi connectivity index (χ3n) is 5.71. The first kappa shape index (κ1) is 20.6. The summed E-state index contributed by atoms with van der Waals surface area (Å²) in [6.07, 6.45) is 3.73. The molecule has 2 heterocycles. The molecule has 2 N–H and O–H groups in total. The van der Waals surface area contributed by atoms with Crippen LogP contribution in [0.2, 0.25) is 0 Å². The average molecular weight is 437 g/mol. The Labute approximate surface area is 192 Å². The summed E-state index contributed by atoms with van der Waals surface area (Å²) in [5, 5.41) is 11.0. The Morgan fingerprint density at radius 3 is 2.58 bits per heavy atom. The lowest BCUT2D eigenvalue weighted by Crippen LogP contribution is -2.22. The maximum atomic E-state index is 13.2. The molecule has 0 bridgehead atoms. The van der Waals surface area contributed by atoms with Crippen molar-refractivity contribution in [1.82, 2.24) is 9.78 Å². The van der Waals surface area contributed by atoms with E-state index in [9.17, 15) is 4.79 Å². The monoisotopic (exact) mass is 436 g/mol. The zero-order valence-corrected chi connectivity index (χ0v) is 18.4. The first-order valence-electron chi connectivity index (χ1n) is 10.8. The molecule has 0 spiro atoms. The van der Waals surface area contributed by atoms with Gasteiger partial charge in [-0.15, -0.1) is 0 Å². The molecule has 33 heavy (non-hydrogen) atoms. The molecule has 1 aliphatic rings. The van der Waals surface area contributed by atoms with Crippen molar-refractivity contribution in [1.29, 1.82) is 0 Å². The Bertz CT molecular complexity index is 1320. The van der Waals surface area contributed by atoms with Gasteiger partial charge >= 0.3 is 0 Å².